The Morgan fingerprint density at radius 1 is 1.33 bits per heavy atom. The van der Waals surface area contributed by atoms with Crippen molar-refractivity contribution in [3.63, 3.8) is 0 Å². The highest BCUT2D eigenvalue weighted by atomic mass is 79.9. The number of ether oxygens (including phenoxy) is 1. The van der Waals surface area contributed by atoms with Gasteiger partial charge in [-0.15, -0.1) is 0 Å². The molecule has 0 aliphatic heterocycles. The highest BCUT2D eigenvalue weighted by Crippen LogP contribution is 2.31. The molecule has 1 unspecified atom stereocenters. The fraction of sp³-hybridized carbons (Fsp3) is 0.200. The monoisotopic (exact) mass is 372 g/mol. The number of benzene rings is 2. The standard InChI is InChI=1S/C15H15BrClFN2O/c1-21-11-3-4-13(16)12(8-11)15(20-19)7-9-6-10(18)2-5-14(9)17/h2-6,8,15,20H,7,19H2,1H3. The number of methoxy groups -OCH3 is 1. The van der Waals surface area contributed by atoms with Gasteiger partial charge in [-0.05, 0) is 53.9 Å². The van der Waals surface area contributed by atoms with Crippen molar-refractivity contribution in [3.05, 3.63) is 62.8 Å². The minimum Gasteiger partial charge on any atom is -0.497 e. The van der Waals surface area contributed by atoms with Crippen LogP contribution < -0.4 is 16.0 Å². The Morgan fingerprint density at radius 3 is 2.76 bits per heavy atom. The van der Waals surface area contributed by atoms with Crippen molar-refractivity contribution in [1.29, 1.82) is 0 Å². The Bertz CT molecular complexity index is 639. The van der Waals surface area contributed by atoms with Gasteiger partial charge in [-0.3, -0.25) is 11.3 Å². The summed E-state index contributed by atoms with van der Waals surface area (Å²) < 4.78 is 19.5. The van der Waals surface area contributed by atoms with Crippen LogP contribution in [0.4, 0.5) is 4.39 Å². The summed E-state index contributed by atoms with van der Waals surface area (Å²) in [6.45, 7) is 0. The first kappa shape index (κ1) is 16.2. The molecule has 0 aromatic heterocycles. The minimum absolute atomic E-state index is 0.228. The van der Waals surface area contributed by atoms with Gasteiger partial charge in [-0.1, -0.05) is 27.5 Å². The maximum atomic E-state index is 13.4. The third kappa shape index (κ3) is 3.95. The molecular weight excluding hydrogens is 359 g/mol. The smallest absolute Gasteiger partial charge is 0.123 e. The second-order valence-electron chi connectivity index (χ2n) is 4.55. The maximum absolute atomic E-state index is 13.4. The first-order chi connectivity index (χ1) is 10.0. The van der Waals surface area contributed by atoms with Crippen LogP contribution in [0.2, 0.25) is 5.02 Å². The van der Waals surface area contributed by atoms with Gasteiger partial charge in [0, 0.05) is 9.50 Å². The first-order valence-electron chi connectivity index (χ1n) is 6.28. The number of nitrogens with one attached hydrogen (secondary N) is 1. The van der Waals surface area contributed by atoms with E-state index < -0.39 is 0 Å². The van der Waals surface area contributed by atoms with Gasteiger partial charge < -0.3 is 4.74 Å². The van der Waals surface area contributed by atoms with Gasteiger partial charge in [-0.25, -0.2) is 4.39 Å². The van der Waals surface area contributed by atoms with Crippen molar-refractivity contribution in [1.82, 2.24) is 5.43 Å². The lowest BCUT2D eigenvalue weighted by Gasteiger charge is -2.19. The summed E-state index contributed by atoms with van der Waals surface area (Å²) in [5, 5.41) is 0.510. The summed E-state index contributed by atoms with van der Waals surface area (Å²) in [6, 6.07) is 9.66. The van der Waals surface area contributed by atoms with E-state index in [1.54, 1.807) is 13.2 Å². The summed E-state index contributed by atoms with van der Waals surface area (Å²) >= 11 is 9.60. The molecule has 2 aromatic carbocycles. The second-order valence-corrected chi connectivity index (χ2v) is 5.81. The second kappa shape index (κ2) is 7.22. The van der Waals surface area contributed by atoms with Crippen molar-refractivity contribution in [2.45, 2.75) is 12.5 Å². The molecule has 112 valence electrons. The average molecular weight is 374 g/mol. The Kier molecular flexibility index (Phi) is 5.58. The Hall–Kier alpha value is -1.14. The Labute approximate surface area is 136 Å². The lowest BCUT2D eigenvalue weighted by molar-refractivity contribution is 0.412. The van der Waals surface area contributed by atoms with Gasteiger partial charge in [0.2, 0.25) is 0 Å². The molecular formula is C15H15BrClFN2O. The van der Waals surface area contributed by atoms with Crippen molar-refractivity contribution in [2.24, 2.45) is 5.84 Å². The molecule has 0 fully saturated rings. The largest absolute Gasteiger partial charge is 0.497 e. The zero-order valence-electron chi connectivity index (χ0n) is 11.4. The highest BCUT2D eigenvalue weighted by molar-refractivity contribution is 9.10. The lowest BCUT2D eigenvalue weighted by atomic mass is 9.99. The average Bonchev–Trinajstić information content (AvgIpc) is 2.49. The van der Waals surface area contributed by atoms with E-state index in [0.717, 1.165) is 15.8 Å². The van der Waals surface area contributed by atoms with Crippen LogP contribution in [0.1, 0.15) is 17.2 Å². The molecule has 2 rings (SSSR count). The van der Waals surface area contributed by atoms with Gasteiger partial charge in [0.25, 0.3) is 0 Å². The van der Waals surface area contributed by atoms with E-state index in [2.05, 4.69) is 21.4 Å². The molecule has 3 N–H and O–H groups in total. The summed E-state index contributed by atoms with van der Waals surface area (Å²) in [5.74, 6) is 6.05. The predicted molar refractivity (Wildman–Crippen MR) is 85.9 cm³/mol. The molecule has 0 aliphatic carbocycles. The van der Waals surface area contributed by atoms with E-state index in [0.29, 0.717) is 17.0 Å². The van der Waals surface area contributed by atoms with Crippen LogP contribution in [-0.4, -0.2) is 7.11 Å². The molecule has 0 heterocycles. The van der Waals surface area contributed by atoms with E-state index in [9.17, 15) is 4.39 Å². The molecule has 3 nitrogen and oxygen atoms in total. The van der Waals surface area contributed by atoms with Gasteiger partial charge in [0.15, 0.2) is 0 Å². The lowest BCUT2D eigenvalue weighted by Crippen LogP contribution is -2.30. The normalized spacial score (nSPS) is 12.2. The van der Waals surface area contributed by atoms with Crippen molar-refractivity contribution in [2.75, 3.05) is 7.11 Å². The summed E-state index contributed by atoms with van der Waals surface area (Å²) in [7, 11) is 1.60. The third-order valence-electron chi connectivity index (χ3n) is 3.21. The van der Waals surface area contributed by atoms with Crippen molar-refractivity contribution in [3.8, 4) is 5.75 Å². The van der Waals surface area contributed by atoms with Crippen LogP contribution in [0.5, 0.6) is 5.75 Å². The Morgan fingerprint density at radius 2 is 2.10 bits per heavy atom. The SMILES string of the molecule is COc1ccc(Br)c(C(Cc2cc(F)ccc2Cl)NN)c1. The van der Waals surface area contributed by atoms with Gasteiger partial charge in [0.1, 0.15) is 11.6 Å². The number of rotatable bonds is 5. The molecule has 21 heavy (non-hydrogen) atoms. The van der Waals surface area contributed by atoms with Crippen LogP contribution in [0.25, 0.3) is 0 Å². The quantitative estimate of drug-likeness (QED) is 0.615. The fourth-order valence-corrected chi connectivity index (χ4v) is 2.81. The molecule has 0 radical (unpaired) electrons. The van der Waals surface area contributed by atoms with Crippen molar-refractivity contribution >= 4 is 27.5 Å². The summed E-state index contributed by atoms with van der Waals surface area (Å²) in [4.78, 5) is 0. The zero-order valence-corrected chi connectivity index (χ0v) is 13.7. The minimum atomic E-state index is -0.324. The molecule has 0 saturated heterocycles. The number of halogens is 3. The molecule has 2 aromatic rings. The summed E-state index contributed by atoms with van der Waals surface area (Å²) in [5.41, 5.74) is 4.34. The van der Waals surface area contributed by atoms with Crippen LogP contribution in [0.15, 0.2) is 40.9 Å². The fourth-order valence-electron chi connectivity index (χ4n) is 2.09. The van der Waals surface area contributed by atoms with E-state index >= 15 is 0 Å². The number of hydrogen-bond donors (Lipinski definition) is 2. The molecule has 0 amide bonds. The third-order valence-corrected chi connectivity index (χ3v) is 4.30. The molecule has 0 aliphatic rings. The van der Waals surface area contributed by atoms with Gasteiger partial charge in [-0.2, -0.15) is 0 Å². The maximum Gasteiger partial charge on any atom is 0.123 e. The molecule has 0 saturated carbocycles. The van der Waals surface area contributed by atoms with Crippen LogP contribution in [0.3, 0.4) is 0 Å². The van der Waals surface area contributed by atoms with Crippen LogP contribution in [0, 0.1) is 5.82 Å². The first-order valence-corrected chi connectivity index (χ1v) is 7.45. The van der Waals surface area contributed by atoms with E-state index in [4.69, 9.17) is 22.2 Å². The van der Waals surface area contributed by atoms with E-state index in [1.165, 1.54) is 12.1 Å². The number of nitrogens with two attached hydrogens (primary N) is 1. The van der Waals surface area contributed by atoms with E-state index in [1.807, 2.05) is 18.2 Å². The summed E-state index contributed by atoms with van der Waals surface area (Å²) in [6.07, 6.45) is 0.457. The predicted octanol–water partition coefficient (Wildman–Crippen LogP) is 4.00. The van der Waals surface area contributed by atoms with Crippen LogP contribution in [-0.2, 0) is 6.42 Å². The molecule has 0 spiro atoms. The van der Waals surface area contributed by atoms with Gasteiger partial charge in [0.05, 0.1) is 13.2 Å². The molecule has 6 heteroatoms. The zero-order chi connectivity index (χ0) is 15.4. The van der Waals surface area contributed by atoms with Crippen LogP contribution >= 0.6 is 27.5 Å². The number of hydrazine groups is 1. The highest BCUT2D eigenvalue weighted by Gasteiger charge is 2.16. The van der Waals surface area contributed by atoms with E-state index in [-0.39, 0.29) is 11.9 Å². The number of hydrogen-bond acceptors (Lipinski definition) is 3. The molecule has 0 bridgehead atoms. The van der Waals surface area contributed by atoms with Gasteiger partial charge >= 0.3 is 0 Å². The van der Waals surface area contributed by atoms with Crippen molar-refractivity contribution < 1.29 is 9.13 Å². The Balaban J connectivity index is 2.34. The topological polar surface area (TPSA) is 47.3 Å². The molecule has 1 atom stereocenters.